The molecule has 0 spiro atoms. The molecular weight excluding hydrogens is 310 g/mol. The summed E-state index contributed by atoms with van der Waals surface area (Å²) in [5.74, 6) is -0.230. The van der Waals surface area contributed by atoms with Crippen LogP contribution in [0.1, 0.15) is 6.92 Å². The van der Waals surface area contributed by atoms with Crippen molar-refractivity contribution in [3.8, 4) is 5.75 Å². The van der Waals surface area contributed by atoms with E-state index in [1.807, 2.05) is 4.72 Å². The second-order valence-electron chi connectivity index (χ2n) is 3.43. The average molecular weight is 322 g/mol. The lowest BCUT2D eigenvalue weighted by Gasteiger charge is -2.14. The second kappa shape index (κ2) is 5.50. The van der Waals surface area contributed by atoms with E-state index in [1.165, 1.54) is 6.92 Å². The maximum Gasteiger partial charge on any atom is 0.274 e. The van der Waals surface area contributed by atoms with Crippen LogP contribution in [-0.2, 0) is 14.8 Å². The molecule has 1 atom stereocenters. The van der Waals surface area contributed by atoms with Crippen molar-refractivity contribution >= 4 is 31.9 Å². The number of halogens is 1. The Bertz CT molecular complexity index is 515. The largest absolute Gasteiger partial charge is 0.480 e. The van der Waals surface area contributed by atoms with Crippen molar-refractivity contribution in [3.63, 3.8) is 0 Å². The van der Waals surface area contributed by atoms with Gasteiger partial charge in [-0.1, -0.05) is 12.1 Å². The molecule has 0 saturated carbocycles. The Labute approximate surface area is 108 Å². The van der Waals surface area contributed by atoms with Crippen LogP contribution in [0, 0.1) is 0 Å². The van der Waals surface area contributed by atoms with Crippen molar-refractivity contribution in [3.05, 3.63) is 28.7 Å². The molecule has 0 bridgehead atoms. The Kier molecular flexibility index (Phi) is 4.53. The smallest absolute Gasteiger partial charge is 0.274 e. The van der Waals surface area contributed by atoms with Crippen molar-refractivity contribution in [1.82, 2.24) is 4.72 Å². The van der Waals surface area contributed by atoms with Gasteiger partial charge in [0.1, 0.15) is 5.75 Å². The first-order valence-electron chi connectivity index (χ1n) is 4.72. The number of sulfonamides is 1. The molecule has 0 aliphatic carbocycles. The third kappa shape index (κ3) is 4.74. The standard InChI is InChI=1S/C10H12BrNO4S/c1-7(10(13)12-17(2,14)15)16-9-6-4-3-5-8(9)11/h3-7H,1-2H3,(H,12,13)/t7-/m0/s1. The summed E-state index contributed by atoms with van der Waals surface area (Å²) in [5.41, 5.74) is 0. The highest BCUT2D eigenvalue weighted by Gasteiger charge is 2.18. The topological polar surface area (TPSA) is 72.5 Å². The summed E-state index contributed by atoms with van der Waals surface area (Å²) in [6, 6.07) is 6.99. The van der Waals surface area contributed by atoms with Gasteiger partial charge in [-0.3, -0.25) is 9.52 Å². The van der Waals surface area contributed by atoms with Crippen LogP contribution >= 0.6 is 15.9 Å². The fourth-order valence-electron chi connectivity index (χ4n) is 1.05. The van der Waals surface area contributed by atoms with Crippen molar-refractivity contribution in [2.75, 3.05) is 6.26 Å². The zero-order valence-corrected chi connectivity index (χ0v) is 11.7. The van der Waals surface area contributed by atoms with Gasteiger partial charge in [-0.05, 0) is 35.0 Å². The minimum Gasteiger partial charge on any atom is -0.480 e. The first-order chi connectivity index (χ1) is 7.79. The van der Waals surface area contributed by atoms with Crippen LogP contribution in [0.25, 0.3) is 0 Å². The van der Waals surface area contributed by atoms with Crippen molar-refractivity contribution < 1.29 is 17.9 Å². The summed E-state index contributed by atoms with van der Waals surface area (Å²) in [7, 11) is -3.56. The lowest BCUT2D eigenvalue weighted by molar-refractivity contribution is -0.125. The lowest BCUT2D eigenvalue weighted by Crippen LogP contribution is -2.39. The van der Waals surface area contributed by atoms with Crippen LogP contribution in [0.5, 0.6) is 5.75 Å². The predicted octanol–water partition coefficient (Wildman–Crippen LogP) is 1.29. The molecule has 1 rings (SSSR count). The van der Waals surface area contributed by atoms with Gasteiger partial charge < -0.3 is 4.74 Å². The molecule has 7 heteroatoms. The summed E-state index contributed by atoms with van der Waals surface area (Å²) >= 11 is 3.26. The minimum absolute atomic E-state index is 0.476. The van der Waals surface area contributed by atoms with Crippen molar-refractivity contribution in [1.29, 1.82) is 0 Å². The monoisotopic (exact) mass is 321 g/mol. The van der Waals surface area contributed by atoms with E-state index in [0.29, 0.717) is 10.2 Å². The fraction of sp³-hybridized carbons (Fsp3) is 0.300. The minimum atomic E-state index is -3.56. The average Bonchev–Trinajstić information content (AvgIpc) is 2.18. The molecule has 0 radical (unpaired) electrons. The Morgan fingerprint density at radius 1 is 1.41 bits per heavy atom. The van der Waals surface area contributed by atoms with E-state index in [4.69, 9.17) is 4.74 Å². The Morgan fingerprint density at radius 3 is 2.53 bits per heavy atom. The molecule has 1 aromatic rings. The molecule has 1 N–H and O–H groups in total. The number of benzene rings is 1. The van der Waals surface area contributed by atoms with Crippen LogP contribution in [0.4, 0.5) is 0 Å². The number of ether oxygens (including phenoxy) is 1. The highest BCUT2D eigenvalue weighted by atomic mass is 79.9. The van der Waals surface area contributed by atoms with Gasteiger partial charge in [-0.15, -0.1) is 0 Å². The summed E-state index contributed by atoms with van der Waals surface area (Å²) in [4.78, 5) is 11.4. The third-order valence-corrected chi connectivity index (χ3v) is 3.02. The molecule has 0 aliphatic heterocycles. The van der Waals surface area contributed by atoms with Gasteiger partial charge in [0, 0.05) is 0 Å². The first-order valence-corrected chi connectivity index (χ1v) is 7.41. The summed E-state index contributed by atoms with van der Waals surface area (Å²) in [6.45, 7) is 1.47. The number of para-hydroxylation sites is 1. The summed E-state index contributed by atoms with van der Waals surface area (Å²) in [6.07, 6.45) is 0.0131. The third-order valence-electron chi connectivity index (χ3n) is 1.80. The van der Waals surface area contributed by atoms with E-state index < -0.39 is 22.0 Å². The predicted molar refractivity (Wildman–Crippen MR) is 67.2 cm³/mol. The number of amides is 1. The van der Waals surface area contributed by atoms with E-state index in [1.54, 1.807) is 24.3 Å². The van der Waals surface area contributed by atoms with Crippen LogP contribution < -0.4 is 9.46 Å². The van der Waals surface area contributed by atoms with Gasteiger partial charge in [0.05, 0.1) is 10.7 Å². The molecule has 0 saturated heterocycles. The van der Waals surface area contributed by atoms with E-state index in [9.17, 15) is 13.2 Å². The summed E-state index contributed by atoms with van der Waals surface area (Å²) in [5, 5.41) is 0. The Balaban J connectivity index is 2.70. The van der Waals surface area contributed by atoms with Crippen LogP contribution in [-0.4, -0.2) is 26.7 Å². The SMILES string of the molecule is C[C@H](Oc1ccccc1Br)C(=O)NS(C)(=O)=O. The number of hydrogen-bond donors (Lipinski definition) is 1. The molecule has 1 aromatic carbocycles. The van der Waals surface area contributed by atoms with Gasteiger partial charge in [-0.25, -0.2) is 8.42 Å². The fourth-order valence-corrected chi connectivity index (χ4v) is 1.96. The number of carbonyl (C=O) groups is 1. The second-order valence-corrected chi connectivity index (χ2v) is 6.03. The highest BCUT2D eigenvalue weighted by molar-refractivity contribution is 9.10. The van der Waals surface area contributed by atoms with Crippen LogP contribution in [0.3, 0.4) is 0 Å². The zero-order valence-electron chi connectivity index (χ0n) is 9.31. The Morgan fingerprint density at radius 2 is 2.00 bits per heavy atom. The summed E-state index contributed by atoms with van der Waals surface area (Å²) < 4.78 is 29.6. The zero-order chi connectivity index (χ0) is 13.1. The highest BCUT2D eigenvalue weighted by Crippen LogP contribution is 2.24. The normalized spacial score (nSPS) is 12.9. The van der Waals surface area contributed by atoms with Gasteiger partial charge in [0.15, 0.2) is 6.10 Å². The number of carbonyl (C=O) groups excluding carboxylic acids is 1. The number of rotatable bonds is 4. The van der Waals surface area contributed by atoms with E-state index in [0.717, 1.165) is 6.26 Å². The molecule has 17 heavy (non-hydrogen) atoms. The molecule has 0 heterocycles. The maximum absolute atomic E-state index is 11.4. The molecule has 5 nitrogen and oxygen atoms in total. The van der Waals surface area contributed by atoms with Gasteiger partial charge in [0.25, 0.3) is 5.91 Å². The van der Waals surface area contributed by atoms with Gasteiger partial charge >= 0.3 is 0 Å². The van der Waals surface area contributed by atoms with E-state index >= 15 is 0 Å². The molecule has 0 fully saturated rings. The van der Waals surface area contributed by atoms with Gasteiger partial charge in [-0.2, -0.15) is 0 Å². The van der Waals surface area contributed by atoms with Crippen molar-refractivity contribution in [2.24, 2.45) is 0 Å². The Hall–Kier alpha value is -1.08. The number of hydrogen-bond acceptors (Lipinski definition) is 4. The van der Waals surface area contributed by atoms with Crippen LogP contribution in [0.15, 0.2) is 28.7 Å². The molecule has 1 amide bonds. The first kappa shape index (κ1) is 14.0. The quantitative estimate of drug-likeness (QED) is 0.907. The molecule has 94 valence electrons. The molecular formula is C10H12BrNO4S. The van der Waals surface area contributed by atoms with Crippen LogP contribution in [0.2, 0.25) is 0 Å². The van der Waals surface area contributed by atoms with Gasteiger partial charge in [0.2, 0.25) is 10.0 Å². The molecule has 0 unspecified atom stereocenters. The molecule has 0 aliphatic rings. The van der Waals surface area contributed by atoms with E-state index in [2.05, 4.69) is 15.9 Å². The van der Waals surface area contributed by atoms with E-state index in [-0.39, 0.29) is 0 Å². The number of nitrogens with one attached hydrogen (secondary N) is 1. The maximum atomic E-state index is 11.4. The molecule has 0 aromatic heterocycles. The van der Waals surface area contributed by atoms with Crippen molar-refractivity contribution in [2.45, 2.75) is 13.0 Å². The lowest BCUT2D eigenvalue weighted by atomic mass is 10.3.